The Morgan fingerprint density at radius 2 is 2.00 bits per heavy atom. The molecule has 0 saturated heterocycles. The number of nitrogens with one attached hydrogen (secondary N) is 1. The molecule has 0 amide bonds. The van der Waals surface area contributed by atoms with Gasteiger partial charge in [-0.25, -0.2) is 0 Å². The van der Waals surface area contributed by atoms with Gasteiger partial charge in [-0.2, -0.15) is 0 Å². The Labute approximate surface area is 149 Å². The first-order valence-electron chi connectivity index (χ1n) is 7.63. The van der Waals surface area contributed by atoms with Crippen molar-refractivity contribution in [2.24, 2.45) is 5.73 Å². The minimum absolute atomic E-state index is 0.173. The highest BCUT2D eigenvalue weighted by Gasteiger charge is 2.23. The highest BCUT2D eigenvalue weighted by Crippen LogP contribution is 2.40. The highest BCUT2D eigenvalue weighted by atomic mass is 79.9. The first-order chi connectivity index (χ1) is 11.1. The number of fused-ring (bicyclic) bond motifs is 1. The SMILES string of the molecule is N=C(N)SC/C=C1\CC(c2ccccc2)Cc2ccc(Br)cc21. The van der Waals surface area contributed by atoms with Crippen LogP contribution in [0.2, 0.25) is 0 Å². The topological polar surface area (TPSA) is 49.9 Å². The van der Waals surface area contributed by atoms with Crippen molar-refractivity contribution in [2.45, 2.75) is 18.8 Å². The highest BCUT2D eigenvalue weighted by molar-refractivity contribution is 9.10. The molecule has 2 aromatic carbocycles. The lowest BCUT2D eigenvalue weighted by Gasteiger charge is -2.28. The third-order valence-electron chi connectivity index (χ3n) is 4.19. The van der Waals surface area contributed by atoms with Crippen molar-refractivity contribution >= 4 is 38.4 Å². The average molecular weight is 387 g/mol. The minimum atomic E-state index is 0.173. The van der Waals surface area contributed by atoms with Crippen molar-refractivity contribution in [3.05, 3.63) is 75.8 Å². The van der Waals surface area contributed by atoms with E-state index in [0.717, 1.165) is 23.1 Å². The number of thioether (sulfide) groups is 1. The van der Waals surface area contributed by atoms with Gasteiger partial charge in [0, 0.05) is 10.2 Å². The van der Waals surface area contributed by atoms with Crippen LogP contribution in [0.15, 0.2) is 59.1 Å². The Morgan fingerprint density at radius 1 is 1.22 bits per heavy atom. The van der Waals surface area contributed by atoms with E-state index in [0.29, 0.717) is 5.92 Å². The molecule has 0 aromatic heterocycles. The van der Waals surface area contributed by atoms with Crippen LogP contribution < -0.4 is 5.73 Å². The second-order valence-electron chi connectivity index (χ2n) is 5.72. The van der Waals surface area contributed by atoms with Gasteiger partial charge >= 0.3 is 0 Å². The normalized spacial score (nSPS) is 18.7. The third-order valence-corrected chi connectivity index (χ3v) is 5.33. The Morgan fingerprint density at radius 3 is 2.74 bits per heavy atom. The summed E-state index contributed by atoms with van der Waals surface area (Å²) in [6.07, 6.45) is 4.34. The van der Waals surface area contributed by atoms with Crippen LogP contribution in [-0.4, -0.2) is 10.9 Å². The molecule has 0 heterocycles. The first-order valence-corrected chi connectivity index (χ1v) is 9.41. The van der Waals surface area contributed by atoms with Crippen LogP contribution in [0.1, 0.15) is 29.0 Å². The number of rotatable bonds is 3. The number of hydrogen-bond acceptors (Lipinski definition) is 2. The molecule has 2 nitrogen and oxygen atoms in total. The molecule has 0 radical (unpaired) electrons. The van der Waals surface area contributed by atoms with E-state index in [1.54, 1.807) is 0 Å². The number of hydrogen-bond donors (Lipinski definition) is 2. The maximum Gasteiger partial charge on any atom is 0.151 e. The van der Waals surface area contributed by atoms with Crippen molar-refractivity contribution in [1.29, 1.82) is 5.41 Å². The van der Waals surface area contributed by atoms with Crippen molar-refractivity contribution < 1.29 is 0 Å². The summed E-state index contributed by atoms with van der Waals surface area (Å²) in [5.41, 5.74) is 10.9. The van der Waals surface area contributed by atoms with Gasteiger partial charge in [0.15, 0.2) is 5.17 Å². The fourth-order valence-electron chi connectivity index (χ4n) is 3.12. The molecule has 2 aromatic rings. The van der Waals surface area contributed by atoms with Crippen LogP contribution in [0.3, 0.4) is 0 Å². The lowest BCUT2D eigenvalue weighted by molar-refractivity contribution is 0.683. The molecule has 118 valence electrons. The molecule has 4 heteroatoms. The lowest BCUT2D eigenvalue weighted by Crippen LogP contribution is -2.12. The zero-order valence-electron chi connectivity index (χ0n) is 12.8. The molecule has 1 atom stereocenters. The number of amidine groups is 1. The smallest absolute Gasteiger partial charge is 0.151 e. The van der Waals surface area contributed by atoms with Gasteiger partial charge in [0.2, 0.25) is 0 Å². The summed E-state index contributed by atoms with van der Waals surface area (Å²) in [6.45, 7) is 0. The Bertz CT molecular complexity index is 740. The zero-order valence-corrected chi connectivity index (χ0v) is 15.2. The van der Waals surface area contributed by atoms with E-state index in [1.807, 2.05) is 0 Å². The summed E-state index contributed by atoms with van der Waals surface area (Å²) in [5.74, 6) is 1.26. The van der Waals surface area contributed by atoms with E-state index < -0.39 is 0 Å². The molecule has 0 spiro atoms. The summed E-state index contributed by atoms with van der Waals surface area (Å²) < 4.78 is 1.11. The summed E-state index contributed by atoms with van der Waals surface area (Å²) >= 11 is 4.96. The molecule has 0 fully saturated rings. The van der Waals surface area contributed by atoms with Crippen LogP contribution in [0.4, 0.5) is 0 Å². The van der Waals surface area contributed by atoms with Gasteiger partial charge < -0.3 is 5.73 Å². The van der Waals surface area contributed by atoms with Gasteiger partial charge in [-0.3, -0.25) is 5.41 Å². The predicted molar refractivity (Wildman–Crippen MR) is 104 cm³/mol. The first kappa shape index (κ1) is 16.3. The van der Waals surface area contributed by atoms with E-state index in [-0.39, 0.29) is 5.17 Å². The van der Waals surface area contributed by atoms with Crippen LogP contribution in [0.25, 0.3) is 5.57 Å². The summed E-state index contributed by atoms with van der Waals surface area (Å²) in [6, 6.07) is 17.3. The molecule has 0 aliphatic heterocycles. The Kier molecular flexibility index (Phi) is 5.23. The molecule has 3 rings (SSSR count). The Hall–Kier alpha value is -1.52. The number of benzene rings is 2. The Balaban J connectivity index is 1.93. The van der Waals surface area contributed by atoms with E-state index in [4.69, 9.17) is 11.1 Å². The van der Waals surface area contributed by atoms with Gasteiger partial charge in [-0.05, 0) is 53.2 Å². The molecular formula is C19H19BrN2S. The molecule has 23 heavy (non-hydrogen) atoms. The van der Waals surface area contributed by atoms with E-state index in [9.17, 15) is 0 Å². The maximum absolute atomic E-state index is 7.37. The number of nitrogens with two attached hydrogens (primary N) is 1. The molecule has 1 aliphatic carbocycles. The van der Waals surface area contributed by atoms with Crippen molar-refractivity contribution in [3.63, 3.8) is 0 Å². The van der Waals surface area contributed by atoms with Gasteiger partial charge in [-0.15, -0.1) is 0 Å². The second kappa shape index (κ2) is 7.37. The third kappa shape index (κ3) is 4.06. The quantitative estimate of drug-likeness (QED) is 0.563. The van der Waals surface area contributed by atoms with Crippen molar-refractivity contribution in [3.8, 4) is 0 Å². The van der Waals surface area contributed by atoms with Crippen LogP contribution in [-0.2, 0) is 6.42 Å². The van der Waals surface area contributed by atoms with Crippen LogP contribution >= 0.6 is 27.7 Å². The predicted octanol–water partition coefficient (Wildman–Crippen LogP) is 5.19. The molecule has 1 aliphatic rings. The standard InChI is InChI=1S/C19H19BrN2S/c20-17-7-6-14-10-16(13-4-2-1-3-5-13)11-15(18(14)12-17)8-9-23-19(21)22/h1-8,12,16H,9-11H2,(H3,21,22)/b15-8+. The summed E-state index contributed by atoms with van der Waals surface area (Å²) in [4.78, 5) is 0. The molecular weight excluding hydrogens is 368 g/mol. The minimum Gasteiger partial charge on any atom is -0.379 e. The molecule has 3 N–H and O–H groups in total. The van der Waals surface area contributed by atoms with Gasteiger partial charge in [-0.1, -0.05) is 70.2 Å². The fraction of sp³-hybridized carbons (Fsp3) is 0.211. The zero-order chi connectivity index (χ0) is 16.2. The van der Waals surface area contributed by atoms with Crippen molar-refractivity contribution in [2.75, 3.05) is 5.75 Å². The van der Waals surface area contributed by atoms with Gasteiger partial charge in [0.25, 0.3) is 0 Å². The van der Waals surface area contributed by atoms with E-state index in [2.05, 4.69) is 70.5 Å². The van der Waals surface area contributed by atoms with E-state index in [1.165, 1.54) is 34.0 Å². The fourth-order valence-corrected chi connectivity index (χ4v) is 3.95. The van der Waals surface area contributed by atoms with Crippen LogP contribution in [0, 0.1) is 5.41 Å². The lowest BCUT2D eigenvalue weighted by atomic mass is 9.77. The summed E-state index contributed by atoms with van der Waals surface area (Å²) in [5, 5.41) is 7.54. The second-order valence-corrected chi connectivity index (χ2v) is 7.70. The molecule has 0 bridgehead atoms. The van der Waals surface area contributed by atoms with Gasteiger partial charge in [0.05, 0.1) is 0 Å². The monoisotopic (exact) mass is 386 g/mol. The van der Waals surface area contributed by atoms with Crippen molar-refractivity contribution in [1.82, 2.24) is 0 Å². The summed E-state index contributed by atoms with van der Waals surface area (Å²) in [7, 11) is 0. The molecule has 0 saturated carbocycles. The largest absolute Gasteiger partial charge is 0.379 e. The number of halogens is 1. The van der Waals surface area contributed by atoms with E-state index >= 15 is 0 Å². The number of allylic oxidation sites excluding steroid dienone is 1. The van der Waals surface area contributed by atoms with Gasteiger partial charge in [0.1, 0.15) is 0 Å². The average Bonchev–Trinajstić information content (AvgIpc) is 2.55. The van der Waals surface area contributed by atoms with Crippen LogP contribution in [0.5, 0.6) is 0 Å². The maximum atomic E-state index is 7.37. The molecule has 1 unspecified atom stereocenters.